The molecule has 150 valence electrons. The Morgan fingerprint density at radius 2 is 2.04 bits per heavy atom. The molecule has 1 spiro atoms. The van der Waals surface area contributed by atoms with E-state index in [1.165, 1.54) is 4.90 Å². The van der Waals surface area contributed by atoms with Crippen molar-refractivity contribution < 1.29 is 18.4 Å². The number of aryl methyl sites for hydroxylation is 1. The Bertz CT molecular complexity index is 939. The Balaban J connectivity index is 1.45. The fourth-order valence-corrected chi connectivity index (χ4v) is 4.40. The molecule has 1 unspecified atom stereocenters. The number of likely N-dealkylation sites (tertiary alicyclic amines) is 1. The lowest BCUT2D eigenvalue weighted by atomic mass is 9.64. The molecule has 2 atom stereocenters. The first kappa shape index (κ1) is 18.9. The van der Waals surface area contributed by atoms with Gasteiger partial charge in [0.1, 0.15) is 11.7 Å². The molecule has 28 heavy (non-hydrogen) atoms. The molecule has 2 heterocycles. The van der Waals surface area contributed by atoms with Crippen LogP contribution in [0.2, 0.25) is 0 Å². The number of hydrogen-bond donors (Lipinski definition) is 2. The summed E-state index contributed by atoms with van der Waals surface area (Å²) in [4.78, 5) is 30.1. The van der Waals surface area contributed by atoms with Crippen LogP contribution in [0.4, 0.5) is 8.78 Å². The van der Waals surface area contributed by atoms with Gasteiger partial charge >= 0.3 is 0 Å². The van der Waals surface area contributed by atoms with Crippen molar-refractivity contribution in [3.8, 4) is 0 Å². The summed E-state index contributed by atoms with van der Waals surface area (Å²) in [5.74, 6) is -3.32. The number of halogens is 2. The Morgan fingerprint density at radius 3 is 2.64 bits per heavy atom. The molecular weight excluding hydrogens is 364 g/mol. The zero-order chi connectivity index (χ0) is 20.1. The smallest absolute Gasteiger partial charge is 0.268 e. The molecular formula is C21H25F2N3O2. The average molecular weight is 389 g/mol. The van der Waals surface area contributed by atoms with E-state index >= 15 is 0 Å². The second kappa shape index (κ2) is 6.57. The molecule has 1 aromatic heterocycles. The Labute approximate surface area is 162 Å². The van der Waals surface area contributed by atoms with Gasteiger partial charge in [0.2, 0.25) is 5.91 Å². The third kappa shape index (κ3) is 2.97. The van der Waals surface area contributed by atoms with Gasteiger partial charge < -0.3 is 15.2 Å². The molecule has 7 heteroatoms. The largest absolute Gasteiger partial charge is 0.351 e. The minimum atomic E-state index is -2.69. The molecule has 2 aromatic rings. The molecule has 1 saturated heterocycles. The number of hydrogen-bond acceptors (Lipinski definition) is 2. The minimum absolute atomic E-state index is 0.0802. The van der Waals surface area contributed by atoms with Crippen molar-refractivity contribution in [2.24, 2.45) is 5.41 Å². The van der Waals surface area contributed by atoms with E-state index in [9.17, 15) is 18.4 Å². The summed E-state index contributed by atoms with van der Waals surface area (Å²) in [6.45, 7) is 4.19. The zero-order valence-corrected chi connectivity index (χ0v) is 16.1. The van der Waals surface area contributed by atoms with Crippen molar-refractivity contribution in [2.45, 2.75) is 51.5 Å². The lowest BCUT2D eigenvalue weighted by molar-refractivity contribution is -0.195. The summed E-state index contributed by atoms with van der Waals surface area (Å²) in [5, 5.41) is 3.70. The highest BCUT2D eigenvalue weighted by Crippen LogP contribution is 2.58. The first-order valence-corrected chi connectivity index (χ1v) is 9.81. The molecule has 1 saturated carbocycles. The third-order valence-corrected chi connectivity index (χ3v) is 6.39. The number of benzene rings is 1. The van der Waals surface area contributed by atoms with Crippen LogP contribution < -0.4 is 5.32 Å². The van der Waals surface area contributed by atoms with Crippen molar-refractivity contribution in [1.29, 1.82) is 0 Å². The molecule has 0 bridgehead atoms. The van der Waals surface area contributed by atoms with Crippen molar-refractivity contribution in [1.82, 2.24) is 15.2 Å². The number of aromatic nitrogens is 1. The van der Waals surface area contributed by atoms with Gasteiger partial charge in [-0.3, -0.25) is 9.59 Å². The van der Waals surface area contributed by atoms with Gasteiger partial charge in [-0.1, -0.05) is 18.6 Å². The SMILES string of the molecule is CC[C@@H](NC(=O)c1cc2cc(C)ccc2[nH]1)C(=O)N1CCC2(CCC2(F)F)C1. The van der Waals surface area contributed by atoms with Crippen LogP contribution in [-0.2, 0) is 4.79 Å². The summed E-state index contributed by atoms with van der Waals surface area (Å²) in [6.07, 6.45) is 1.10. The average Bonchev–Trinajstić information content (AvgIpc) is 3.30. The molecule has 1 aromatic carbocycles. The van der Waals surface area contributed by atoms with Crippen LogP contribution in [0.15, 0.2) is 24.3 Å². The quantitative estimate of drug-likeness (QED) is 0.839. The number of amides is 2. The van der Waals surface area contributed by atoms with Crippen LogP contribution in [-0.4, -0.2) is 46.8 Å². The van der Waals surface area contributed by atoms with Crippen LogP contribution in [0.5, 0.6) is 0 Å². The highest BCUT2D eigenvalue weighted by Gasteiger charge is 2.64. The lowest BCUT2D eigenvalue weighted by Crippen LogP contribution is -2.54. The predicted molar refractivity (Wildman–Crippen MR) is 102 cm³/mol. The topological polar surface area (TPSA) is 65.2 Å². The van der Waals surface area contributed by atoms with Gasteiger partial charge in [-0.25, -0.2) is 8.78 Å². The van der Waals surface area contributed by atoms with Crippen LogP contribution >= 0.6 is 0 Å². The molecule has 0 radical (unpaired) electrons. The van der Waals surface area contributed by atoms with E-state index in [0.717, 1.165) is 16.5 Å². The summed E-state index contributed by atoms with van der Waals surface area (Å²) >= 11 is 0. The molecule has 1 aliphatic carbocycles. The van der Waals surface area contributed by atoms with Crippen molar-refractivity contribution in [3.05, 3.63) is 35.5 Å². The normalized spacial score (nSPS) is 24.4. The van der Waals surface area contributed by atoms with Crippen molar-refractivity contribution in [2.75, 3.05) is 13.1 Å². The third-order valence-electron chi connectivity index (χ3n) is 6.39. The maximum atomic E-state index is 14.0. The van der Waals surface area contributed by atoms with Crippen molar-refractivity contribution >= 4 is 22.7 Å². The van der Waals surface area contributed by atoms with Gasteiger partial charge in [0.25, 0.3) is 11.8 Å². The number of rotatable bonds is 4. The Hall–Kier alpha value is -2.44. The summed E-state index contributed by atoms with van der Waals surface area (Å²) in [5.41, 5.74) is 1.27. The summed E-state index contributed by atoms with van der Waals surface area (Å²) in [7, 11) is 0. The van der Waals surface area contributed by atoms with Gasteiger partial charge in [-0.2, -0.15) is 0 Å². The van der Waals surface area contributed by atoms with E-state index in [4.69, 9.17) is 0 Å². The standard InChI is InChI=1S/C21H25F2N3O2/c1-3-15(19(28)26-9-8-20(12-26)6-7-21(20,22)23)25-18(27)17-11-14-10-13(2)4-5-16(14)24-17/h4-5,10-11,15,24H,3,6-9,12H2,1-2H3,(H,25,27)/t15-,20?/m1/s1. The van der Waals surface area contributed by atoms with Gasteiger partial charge in [-0.05, 0) is 44.4 Å². The van der Waals surface area contributed by atoms with Gasteiger partial charge in [0.05, 0.1) is 5.41 Å². The van der Waals surface area contributed by atoms with E-state index < -0.39 is 17.4 Å². The molecule has 1 aliphatic heterocycles. The maximum absolute atomic E-state index is 14.0. The van der Waals surface area contributed by atoms with Crippen LogP contribution in [0.1, 0.15) is 48.7 Å². The molecule has 2 amide bonds. The predicted octanol–water partition coefficient (Wildman–Crippen LogP) is 3.63. The number of H-pyrrole nitrogens is 1. The summed E-state index contributed by atoms with van der Waals surface area (Å²) < 4.78 is 27.9. The molecule has 2 fully saturated rings. The number of nitrogens with one attached hydrogen (secondary N) is 2. The van der Waals surface area contributed by atoms with Crippen LogP contribution in [0, 0.1) is 12.3 Å². The highest BCUT2D eigenvalue weighted by atomic mass is 19.3. The monoisotopic (exact) mass is 389 g/mol. The van der Waals surface area contributed by atoms with Gasteiger partial charge in [-0.15, -0.1) is 0 Å². The second-order valence-electron chi connectivity index (χ2n) is 8.20. The van der Waals surface area contributed by atoms with Crippen molar-refractivity contribution in [3.63, 3.8) is 0 Å². The number of carbonyl (C=O) groups is 2. The first-order valence-electron chi connectivity index (χ1n) is 9.81. The Kier molecular flexibility index (Phi) is 4.43. The lowest BCUT2D eigenvalue weighted by Gasteiger charge is -2.46. The fraction of sp³-hybridized carbons (Fsp3) is 0.524. The molecule has 2 aliphatic rings. The number of fused-ring (bicyclic) bond motifs is 1. The van der Waals surface area contributed by atoms with Crippen LogP contribution in [0.3, 0.4) is 0 Å². The molecule has 2 N–H and O–H groups in total. The molecule has 4 rings (SSSR count). The minimum Gasteiger partial charge on any atom is -0.351 e. The fourth-order valence-electron chi connectivity index (χ4n) is 4.40. The zero-order valence-electron chi connectivity index (χ0n) is 16.1. The van der Waals surface area contributed by atoms with Crippen LogP contribution in [0.25, 0.3) is 10.9 Å². The van der Waals surface area contributed by atoms with Gasteiger partial charge in [0, 0.05) is 30.4 Å². The van der Waals surface area contributed by atoms with E-state index in [-0.39, 0.29) is 24.8 Å². The van der Waals surface area contributed by atoms with E-state index in [0.29, 0.717) is 31.5 Å². The maximum Gasteiger partial charge on any atom is 0.268 e. The molecule has 5 nitrogen and oxygen atoms in total. The number of carbonyl (C=O) groups excluding carboxylic acids is 2. The number of nitrogens with zero attached hydrogens (tertiary/aromatic N) is 1. The summed E-state index contributed by atoms with van der Waals surface area (Å²) in [6, 6.07) is 6.89. The Morgan fingerprint density at radius 1 is 1.25 bits per heavy atom. The van der Waals surface area contributed by atoms with E-state index in [1.54, 1.807) is 13.0 Å². The first-order chi connectivity index (χ1) is 13.2. The van der Waals surface area contributed by atoms with E-state index in [2.05, 4.69) is 10.3 Å². The highest BCUT2D eigenvalue weighted by molar-refractivity contribution is 6.00. The second-order valence-corrected chi connectivity index (χ2v) is 8.20. The van der Waals surface area contributed by atoms with Gasteiger partial charge in [0.15, 0.2) is 0 Å². The van der Waals surface area contributed by atoms with E-state index in [1.807, 2.05) is 25.1 Å². The number of aromatic amines is 1. The number of alkyl halides is 2.